The zero-order chi connectivity index (χ0) is 12.8. The summed E-state index contributed by atoms with van der Waals surface area (Å²) in [5, 5.41) is 5.42. The van der Waals surface area contributed by atoms with Crippen molar-refractivity contribution in [2.75, 3.05) is 13.1 Å². The van der Waals surface area contributed by atoms with Crippen LogP contribution in [0.1, 0.15) is 31.7 Å². The van der Waals surface area contributed by atoms with E-state index in [2.05, 4.69) is 35.6 Å². The lowest BCUT2D eigenvalue weighted by atomic mass is 10.2. The number of hydrogen-bond donors (Lipinski definition) is 1. The predicted molar refractivity (Wildman–Crippen MR) is 76.1 cm³/mol. The van der Waals surface area contributed by atoms with Crippen molar-refractivity contribution in [3.05, 3.63) is 29.1 Å². The van der Waals surface area contributed by atoms with E-state index in [0.29, 0.717) is 0 Å². The number of aromatic nitrogens is 1. The molecule has 0 aliphatic carbocycles. The van der Waals surface area contributed by atoms with E-state index < -0.39 is 0 Å². The highest BCUT2D eigenvalue weighted by molar-refractivity contribution is 7.13. The van der Waals surface area contributed by atoms with E-state index in [9.17, 15) is 0 Å². The van der Waals surface area contributed by atoms with Crippen molar-refractivity contribution >= 4 is 11.3 Å². The smallest absolute Gasteiger partial charge is 0.194 e. The van der Waals surface area contributed by atoms with Gasteiger partial charge >= 0.3 is 0 Å². The van der Waals surface area contributed by atoms with Gasteiger partial charge in [-0.2, -0.15) is 0 Å². The van der Waals surface area contributed by atoms with E-state index in [1.165, 1.54) is 10.4 Å². The lowest BCUT2D eigenvalue weighted by Crippen LogP contribution is -2.14. The molecular formula is C14H20N2OS. The molecule has 0 saturated carbocycles. The third-order valence-electron chi connectivity index (χ3n) is 2.90. The summed E-state index contributed by atoms with van der Waals surface area (Å²) in [5.41, 5.74) is 1.34. The molecular weight excluding hydrogens is 244 g/mol. The van der Waals surface area contributed by atoms with Gasteiger partial charge in [0.15, 0.2) is 11.7 Å². The maximum Gasteiger partial charge on any atom is 0.194 e. The zero-order valence-corrected chi connectivity index (χ0v) is 11.8. The molecule has 0 aromatic carbocycles. The summed E-state index contributed by atoms with van der Waals surface area (Å²) in [5.74, 6) is 1.76. The van der Waals surface area contributed by atoms with Gasteiger partial charge in [0.25, 0.3) is 0 Å². The van der Waals surface area contributed by atoms with Gasteiger partial charge in [-0.05, 0) is 42.9 Å². The number of aryl methyl sites for hydroxylation is 2. The standard InChI is InChI=1S/C14H20N2OS/c1-3-11-7-9-18-14(11)12-10-16-13(17-12)6-5-8-15-4-2/h7,9-10,15H,3-6,8H2,1-2H3. The second-order valence-corrected chi connectivity index (χ2v) is 5.12. The summed E-state index contributed by atoms with van der Waals surface area (Å²) in [6.45, 7) is 6.32. The molecule has 18 heavy (non-hydrogen) atoms. The Morgan fingerprint density at radius 3 is 3.06 bits per heavy atom. The number of thiophene rings is 1. The van der Waals surface area contributed by atoms with Gasteiger partial charge in [0.1, 0.15) is 0 Å². The zero-order valence-electron chi connectivity index (χ0n) is 11.0. The third-order valence-corrected chi connectivity index (χ3v) is 3.87. The van der Waals surface area contributed by atoms with Gasteiger partial charge in [0, 0.05) is 6.42 Å². The summed E-state index contributed by atoms with van der Waals surface area (Å²) >= 11 is 1.73. The maximum absolute atomic E-state index is 5.82. The third kappa shape index (κ3) is 3.21. The Morgan fingerprint density at radius 1 is 1.39 bits per heavy atom. The largest absolute Gasteiger partial charge is 0.440 e. The van der Waals surface area contributed by atoms with Crippen LogP contribution in [0.5, 0.6) is 0 Å². The molecule has 3 nitrogen and oxygen atoms in total. The molecule has 0 aliphatic rings. The highest BCUT2D eigenvalue weighted by Gasteiger charge is 2.11. The lowest BCUT2D eigenvalue weighted by molar-refractivity contribution is 0.493. The number of nitrogens with one attached hydrogen (secondary N) is 1. The quantitative estimate of drug-likeness (QED) is 0.778. The molecule has 2 rings (SSSR count). The first-order chi connectivity index (χ1) is 8.85. The second-order valence-electron chi connectivity index (χ2n) is 4.20. The van der Waals surface area contributed by atoms with Crippen LogP contribution in [0.2, 0.25) is 0 Å². The van der Waals surface area contributed by atoms with Crippen LogP contribution in [-0.2, 0) is 12.8 Å². The fourth-order valence-corrected chi connectivity index (χ4v) is 2.85. The van der Waals surface area contributed by atoms with E-state index in [4.69, 9.17) is 4.42 Å². The van der Waals surface area contributed by atoms with Gasteiger partial charge in [0.2, 0.25) is 0 Å². The topological polar surface area (TPSA) is 38.1 Å². The van der Waals surface area contributed by atoms with Gasteiger partial charge in [-0.25, -0.2) is 4.98 Å². The van der Waals surface area contributed by atoms with Crippen molar-refractivity contribution in [2.24, 2.45) is 0 Å². The van der Waals surface area contributed by atoms with E-state index >= 15 is 0 Å². The molecule has 0 aliphatic heterocycles. The lowest BCUT2D eigenvalue weighted by Gasteiger charge is -1.99. The van der Waals surface area contributed by atoms with Gasteiger partial charge in [-0.3, -0.25) is 0 Å². The first kappa shape index (κ1) is 13.3. The van der Waals surface area contributed by atoms with Gasteiger partial charge in [-0.1, -0.05) is 13.8 Å². The molecule has 0 unspecified atom stereocenters. The highest BCUT2D eigenvalue weighted by Crippen LogP contribution is 2.30. The Balaban J connectivity index is 1.97. The van der Waals surface area contributed by atoms with Crippen LogP contribution in [0, 0.1) is 0 Å². The van der Waals surface area contributed by atoms with Crippen LogP contribution in [0.3, 0.4) is 0 Å². The minimum atomic E-state index is 0.846. The molecule has 2 aromatic heterocycles. The average Bonchev–Trinajstić information content (AvgIpc) is 3.02. The minimum Gasteiger partial charge on any atom is -0.440 e. The summed E-state index contributed by atoms with van der Waals surface area (Å²) in [4.78, 5) is 5.58. The molecule has 2 aromatic rings. The van der Waals surface area contributed by atoms with Crippen LogP contribution in [-0.4, -0.2) is 18.1 Å². The Hall–Kier alpha value is -1.13. The molecule has 0 amide bonds. The maximum atomic E-state index is 5.82. The fourth-order valence-electron chi connectivity index (χ4n) is 1.90. The van der Waals surface area contributed by atoms with Gasteiger partial charge < -0.3 is 9.73 Å². The number of oxazole rings is 1. The SMILES string of the molecule is CCNCCCc1ncc(-c2sccc2CC)o1. The summed E-state index contributed by atoms with van der Waals surface area (Å²) in [6, 6.07) is 2.16. The highest BCUT2D eigenvalue weighted by atomic mass is 32.1. The molecule has 0 radical (unpaired) electrons. The minimum absolute atomic E-state index is 0.846. The van der Waals surface area contributed by atoms with Crippen molar-refractivity contribution in [1.29, 1.82) is 0 Å². The van der Waals surface area contributed by atoms with Crippen molar-refractivity contribution in [1.82, 2.24) is 10.3 Å². The van der Waals surface area contributed by atoms with E-state index in [0.717, 1.165) is 44.0 Å². The van der Waals surface area contributed by atoms with Gasteiger partial charge in [-0.15, -0.1) is 11.3 Å². The predicted octanol–water partition coefficient (Wildman–Crippen LogP) is 3.51. The molecule has 2 heterocycles. The first-order valence-electron chi connectivity index (χ1n) is 6.57. The Kier molecular flexibility index (Phi) is 4.96. The van der Waals surface area contributed by atoms with E-state index in [-0.39, 0.29) is 0 Å². The van der Waals surface area contributed by atoms with Crippen molar-refractivity contribution in [3.63, 3.8) is 0 Å². The number of nitrogens with zero attached hydrogens (tertiary/aromatic N) is 1. The number of rotatable bonds is 7. The molecule has 0 spiro atoms. The molecule has 0 fully saturated rings. The summed E-state index contributed by atoms with van der Waals surface area (Å²) < 4.78 is 5.82. The Labute approximate surface area is 112 Å². The molecule has 0 atom stereocenters. The number of hydrogen-bond acceptors (Lipinski definition) is 4. The van der Waals surface area contributed by atoms with Crippen LogP contribution in [0.25, 0.3) is 10.6 Å². The Bertz CT molecular complexity index is 476. The van der Waals surface area contributed by atoms with Crippen molar-refractivity contribution in [2.45, 2.75) is 33.1 Å². The van der Waals surface area contributed by atoms with E-state index in [1.54, 1.807) is 11.3 Å². The van der Waals surface area contributed by atoms with E-state index in [1.807, 2.05) is 6.20 Å². The molecule has 0 bridgehead atoms. The normalized spacial score (nSPS) is 11.0. The fraction of sp³-hybridized carbons (Fsp3) is 0.500. The van der Waals surface area contributed by atoms with Crippen LogP contribution >= 0.6 is 11.3 Å². The van der Waals surface area contributed by atoms with Crippen LogP contribution in [0.15, 0.2) is 22.1 Å². The van der Waals surface area contributed by atoms with Crippen LogP contribution < -0.4 is 5.32 Å². The summed E-state index contributed by atoms with van der Waals surface area (Å²) in [6.07, 6.45) is 4.86. The molecule has 4 heteroatoms. The van der Waals surface area contributed by atoms with Crippen molar-refractivity contribution < 1.29 is 4.42 Å². The average molecular weight is 264 g/mol. The first-order valence-corrected chi connectivity index (χ1v) is 7.45. The molecule has 0 saturated heterocycles. The van der Waals surface area contributed by atoms with Crippen LogP contribution in [0.4, 0.5) is 0 Å². The second kappa shape index (κ2) is 6.71. The molecule has 1 N–H and O–H groups in total. The van der Waals surface area contributed by atoms with Gasteiger partial charge in [0.05, 0.1) is 11.1 Å². The van der Waals surface area contributed by atoms with Crippen molar-refractivity contribution in [3.8, 4) is 10.6 Å². The Morgan fingerprint density at radius 2 is 2.28 bits per heavy atom. The molecule has 98 valence electrons. The monoisotopic (exact) mass is 264 g/mol. The summed E-state index contributed by atoms with van der Waals surface area (Å²) in [7, 11) is 0.